The summed E-state index contributed by atoms with van der Waals surface area (Å²) >= 11 is 0. The van der Waals surface area contributed by atoms with Crippen molar-refractivity contribution in [3.05, 3.63) is 23.4 Å². The van der Waals surface area contributed by atoms with E-state index in [0.29, 0.717) is 0 Å². The van der Waals surface area contributed by atoms with Gasteiger partial charge in [-0.05, 0) is 6.42 Å². The molecule has 0 aliphatic carbocycles. The molecular weight excluding hydrogens is 158 g/mol. The molecule has 0 amide bonds. The highest BCUT2D eigenvalue weighted by Crippen LogP contribution is 1.98. The van der Waals surface area contributed by atoms with Crippen LogP contribution in [0.4, 0.5) is 0 Å². The van der Waals surface area contributed by atoms with E-state index in [4.69, 9.17) is 6.57 Å². The maximum atomic E-state index is 10.8. The summed E-state index contributed by atoms with van der Waals surface area (Å²) in [6.07, 6.45) is 1.86. The Hall–Kier alpha value is -1.50. The van der Waals surface area contributed by atoms with Crippen molar-refractivity contribution in [1.82, 2.24) is 0 Å². The number of carbonyl (C=O) groups is 1. The molecular formula is C8H10NO3-. The van der Waals surface area contributed by atoms with Crippen molar-refractivity contribution < 1.29 is 14.6 Å². The summed E-state index contributed by atoms with van der Waals surface area (Å²) in [5.41, 5.74) is -0.494. The van der Waals surface area contributed by atoms with Crippen LogP contribution in [0.15, 0.2) is 12.0 Å². The zero-order valence-corrected chi connectivity index (χ0v) is 6.87. The molecule has 0 heterocycles. The van der Waals surface area contributed by atoms with Gasteiger partial charge in [0.2, 0.25) is 0 Å². The maximum Gasteiger partial charge on any atom is 0.334 e. The second-order valence-corrected chi connectivity index (χ2v) is 2.10. The summed E-state index contributed by atoms with van der Waals surface area (Å²) in [5.74, 6) is -0.826. The Labute approximate surface area is 71.3 Å². The summed E-state index contributed by atoms with van der Waals surface area (Å²) in [4.78, 5) is 13.5. The van der Waals surface area contributed by atoms with Crippen LogP contribution in [0.25, 0.3) is 4.85 Å². The van der Waals surface area contributed by atoms with Gasteiger partial charge in [0.25, 0.3) is 5.70 Å². The third-order valence-electron chi connectivity index (χ3n) is 1.17. The van der Waals surface area contributed by atoms with Gasteiger partial charge in [-0.15, -0.1) is 6.26 Å². The second kappa shape index (κ2) is 6.23. The van der Waals surface area contributed by atoms with E-state index in [9.17, 15) is 9.90 Å². The average molecular weight is 168 g/mol. The minimum atomic E-state index is -0.826. The SMILES string of the molecule is [C-]#[N+]/C(=C/[O-])C(=O)OCCCC. The van der Waals surface area contributed by atoms with Crippen molar-refractivity contribution >= 4 is 5.97 Å². The van der Waals surface area contributed by atoms with Crippen LogP contribution in [0.2, 0.25) is 0 Å². The first-order valence-electron chi connectivity index (χ1n) is 3.63. The predicted molar refractivity (Wildman–Crippen MR) is 40.6 cm³/mol. The standard InChI is InChI=1S/C8H11NO3/c1-3-4-5-12-8(11)7(6-10)9-2/h6,10H,3-5H2,1H3/p-1/b7-6+. The van der Waals surface area contributed by atoms with Crippen molar-refractivity contribution in [2.24, 2.45) is 0 Å². The lowest BCUT2D eigenvalue weighted by Gasteiger charge is -2.02. The van der Waals surface area contributed by atoms with Gasteiger partial charge in [-0.25, -0.2) is 4.85 Å². The number of nitrogens with zero attached hydrogens (tertiary/aromatic N) is 1. The number of unbranched alkanes of at least 4 members (excludes halogenated alkanes) is 1. The third-order valence-corrected chi connectivity index (χ3v) is 1.17. The molecule has 0 aromatic carbocycles. The number of esters is 1. The van der Waals surface area contributed by atoms with E-state index in [1.807, 2.05) is 6.92 Å². The second-order valence-electron chi connectivity index (χ2n) is 2.10. The first kappa shape index (κ1) is 10.5. The molecule has 66 valence electrons. The van der Waals surface area contributed by atoms with Crippen LogP contribution in [-0.4, -0.2) is 12.6 Å². The van der Waals surface area contributed by atoms with Crippen molar-refractivity contribution in [1.29, 1.82) is 0 Å². The van der Waals surface area contributed by atoms with Gasteiger partial charge in [-0.1, -0.05) is 13.3 Å². The first-order chi connectivity index (χ1) is 5.76. The largest absolute Gasteiger partial charge is 0.886 e. The Morgan fingerprint density at radius 1 is 1.75 bits per heavy atom. The molecule has 0 aromatic heterocycles. The predicted octanol–water partition coefficient (Wildman–Crippen LogP) is 0.451. The van der Waals surface area contributed by atoms with Gasteiger partial charge in [-0.3, -0.25) is 4.79 Å². The molecule has 4 nitrogen and oxygen atoms in total. The molecule has 0 aromatic rings. The average Bonchev–Trinajstić information content (AvgIpc) is 2.07. The molecule has 0 saturated carbocycles. The van der Waals surface area contributed by atoms with Gasteiger partial charge in [0.05, 0.1) is 13.2 Å². The van der Waals surface area contributed by atoms with Crippen LogP contribution < -0.4 is 5.11 Å². The quantitative estimate of drug-likeness (QED) is 0.201. The van der Waals surface area contributed by atoms with Gasteiger partial charge >= 0.3 is 5.97 Å². The molecule has 0 radical (unpaired) electrons. The smallest absolute Gasteiger partial charge is 0.334 e. The van der Waals surface area contributed by atoms with Crippen LogP contribution in [0.1, 0.15) is 19.8 Å². The van der Waals surface area contributed by atoms with E-state index in [-0.39, 0.29) is 12.9 Å². The molecule has 0 saturated heterocycles. The lowest BCUT2D eigenvalue weighted by Crippen LogP contribution is -2.09. The molecule has 0 aliphatic heterocycles. The minimum Gasteiger partial charge on any atom is -0.886 e. The summed E-state index contributed by atoms with van der Waals surface area (Å²) in [5, 5.41) is 10.1. The molecule has 0 spiro atoms. The Morgan fingerprint density at radius 2 is 2.42 bits per heavy atom. The van der Waals surface area contributed by atoms with Crippen LogP contribution in [-0.2, 0) is 9.53 Å². The van der Waals surface area contributed by atoms with Crippen LogP contribution in [0, 0.1) is 6.57 Å². The number of rotatable bonds is 4. The topological polar surface area (TPSA) is 53.7 Å². The van der Waals surface area contributed by atoms with E-state index >= 15 is 0 Å². The normalized spacial score (nSPS) is 10.5. The minimum absolute atomic E-state index is 0.210. The molecule has 0 aliphatic rings. The van der Waals surface area contributed by atoms with E-state index in [0.717, 1.165) is 12.8 Å². The van der Waals surface area contributed by atoms with E-state index in [2.05, 4.69) is 9.58 Å². The Kier molecular flexibility index (Phi) is 5.45. The molecule has 0 N–H and O–H groups in total. The van der Waals surface area contributed by atoms with Gasteiger partial charge < -0.3 is 9.84 Å². The van der Waals surface area contributed by atoms with Gasteiger partial charge in [0, 0.05) is 0 Å². The van der Waals surface area contributed by atoms with Gasteiger partial charge in [-0.2, -0.15) is 0 Å². The third kappa shape index (κ3) is 3.62. The lowest BCUT2D eigenvalue weighted by atomic mass is 10.4. The van der Waals surface area contributed by atoms with Crippen molar-refractivity contribution in [2.45, 2.75) is 19.8 Å². The zero-order valence-electron chi connectivity index (χ0n) is 6.87. The molecule has 4 heteroatoms. The van der Waals surface area contributed by atoms with Crippen LogP contribution >= 0.6 is 0 Å². The summed E-state index contributed by atoms with van der Waals surface area (Å²) in [6.45, 7) is 8.64. The van der Waals surface area contributed by atoms with E-state index in [1.165, 1.54) is 0 Å². The zero-order chi connectivity index (χ0) is 9.40. The summed E-state index contributed by atoms with van der Waals surface area (Å²) in [6, 6.07) is 0. The fourth-order valence-corrected chi connectivity index (χ4v) is 0.503. The monoisotopic (exact) mass is 168 g/mol. The lowest BCUT2D eigenvalue weighted by molar-refractivity contribution is -0.276. The highest BCUT2D eigenvalue weighted by molar-refractivity contribution is 5.89. The number of hydrogen-bond acceptors (Lipinski definition) is 3. The van der Waals surface area contributed by atoms with Crippen molar-refractivity contribution in [3.63, 3.8) is 0 Å². The fraction of sp³-hybridized carbons (Fsp3) is 0.500. The summed E-state index contributed by atoms with van der Waals surface area (Å²) < 4.78 is 4.61. The number of ether oxygens (including phenoxy) is 1. The Bertz CT molecular complexity index is 215. The fourth-order valence-electron chi connectivity index (χ4n) is 0.503. The molecule has 0 rings (SSSR count). The van der Waals surface area contributed by atoms with Crippen molar-refractivity contribution in [3.8, 4) is 0 Å². The maximum absolute atomic E-state index is 10.8. The van der Waals surface area contributed by atoms with Gasteiger partial charge in [0.15, 0.2) is 0 Å². The van der Waals surface area contributed by atoms with Crippen LogP contribution in [0.5, 0.6) is 0 Å². The highest BCUT2D eigenvalue weighted by atomic mass is 16.5. The molecule has 0 unspecified atom stereocenters. The molecule has 0 atom stereocenters. The number of hydrogen-bond donors (Lipinski definition) is 0. The Morgan fingerprint density at radius 3 is 2.83 bits per heavy atom. The van der Waals surface area contributed by atoms with Crippen molar-refractivity contribution in [2.75, 3.05) is 6.61 Å². The van der Waals surface area contributed by atoms with Gasteiger partial charge in [0.1, 0.15) is 0 Å². The molecule has 0 fully saturated rings. The van der Waals surface area contributed by atoms with E-state index in [1.54, 1.807) is 0 Å². The first-order valence-corrected chi connectivity index (χ1v) is 3.63. The van der Waals surface area contributed by atoms with E-state index < -0.39 is 11.7 Å². The highest BCUT2D eigenvalue weighted by Gasteiger charge is 2.06. The number of carbonyl (C=O) groups excluding carboxylic acids is 1. The Balaban J connectivity index is 3.81. The summed E-state index contributed by atoms with van der Waals surface area (Å²) in [7, 11) is 0. The molecule has 12 heavy (non-hydrogen) atoms. The van der Waals surface area contributed by atoms with Crippen LogP contribution in [0.3, 0.4) is 0 Å². The molecule has 0 bridgehead atoms.